The van der Waals surface area contributed by atoms with Crippen LogP contribution in [0.25, 0.3) is 0 Å². The van der Waals surface area contributed by atoms with Crippen LogP contribution in [0, 0.1) is 11.2 Å². The van der Waals surface area contributed by atoms with Crippen molar-refractivity contribution in [1.29, 1.82) is 0 Å². The van der Waals surface area contributed by atoms with Crippen molar-refractivity contribution in [1.82, 2.24) is 14.5 Å². The van der Waals surface area contributed by atoms with Gasteiger partial charge in [0.2, 0.25) is 0 Å². The number of imidazole rings is 1. The molecule has 0 saturated carbocycles. The Balaban J connectivity index is 0.000000941. The first-order valence-electron chi connectivity index (χ1n) is 8.75. The summed E-state index contributed by atoms with van der Waals surface area (Å²) in [6.07, 6.45) is 2.15. The predicted molar refractivity (Wildman–Crippen MR) is 98.6 cm³/mol. The summed E-state index contributed by atoms with van der Waals surface area (Å²) < 4.78 is 14.7. The molecule has 1 saturated heterocycles. The van der Waals surface area contributed by atoms with Crippen molar-refractivity contribution in [3.63, 3.8) is 0 Å². The summed E-state index contributed by atoms with van der Waals surface area (Å²) in [5.41, 5.74) is -0.976. The van der Waals surface area contributed by atoms with E-state index in [4.69, 9.17) is 9.90 Å². The minimum atomic E-state index is -1.56. The first kappa shape index (κ1) is 22.0. The van der Waals surface area contributed by atoms with Crippen LogP contribution in [-0.2, 0) is 23.1 Å². The lowest BCUT2D eigenvalue weighted by Gasteiger charge is -2.43. The van der Waals surface area contributed by atoms with Crippen molar-refractivity contribution in [2.45, 2.75) is 18.9 Å². The molecule has 1 aliphatic rings. The number of likely N-dealkylation sites (tertiary alicyclic amines) is 1. The number of aryl methyl sites for hydroxylation is 1. The van der Waals surface area contributed by atoms with Crippen molar-refractivity contribution >= 4 is 18.3 Å². The van der Waals surface area contributed by atoms with Gasteiger partial charge in [-0.1, -0.05) is 12.1 Å². The van der Waals surface area contributed by atoms with Gasteiger partial charge < -0.3 is 24.8 Å². The Morgan fingerprint density at radius 3 is 2.48 bits per heavy atom. The number of amides is 1. The van der Waals surface area contributed by atoms with Gasteiger partial charge in [0.25, 0.3) is 12.4 Å². The van der Waals surface area contributed by atoms with Gasteiger partial charge in [-0.25, -0.2) is 9.37 Å². The number of hydrogen-bond acceptors (Lipinski definition) is 5. The number of carboxylic acids is 1. The van der Waals surface area contributed by atoms with E-state index < -0.39 is 23.3 Å². The minimum absolute atomic E-state index is 0.00583. The van der Waals surface area contributed by atoms with Crippen LogP contribution in [0.15, 0.2) is 36.7 Å². The summed E-state index contributed by atoms with van der Waals surface area (Å²) in [4.78, 5) is 38.6. The molecule has 1 aliphatic heterocycles. The summed E-state index contributed by atoms with van der Waals surface area (Å²) in [7, 11) is 1.68. The third-order valence-corrected chi connectivity index (χ3v) is 4.94. The Kier molecular flexibility index (Phi) is 7.05. The topological polar surface area (TPSA) is 133 Å². The number of benzene rings is 1. The van der Waals surface area contributed by atoms with Crippen LogP contribution < -0.4 is 0 Å². The van der Waals surface area contributed by atoms with Crippen LogP contribution in [0.5, 0.6) is 0 Å². The normalized spacial score (nSPS) is 21.1. The number of nitrogens with zero attached hydrogens (tertiary/aromatic N) is 3. The molecule has 0 radical (unpaired) electrons. The Hall–Kier alpha value is -3.27. The molecule has 1 fully saturated rings. The number of aliphatic hydroxyl groups excluding tert-OH is 1. The van der Waals surface area contributed by atoms with Crippen LogP contribution in [-0.4, -0.2) is 67.3 Å². The molecular formula is C19H22FN3O6. The van der Waals surface area contributed by atoms with Gasteiger partial charge >= 0.3 is 5.97 Å². The molecular weight excluding hydrogens is 385 g/mol. The highest BCUT2D eigenvalue weighted by molar-refractivity contribution is 5.91. The number of hydrogen-bond donors (Lipinski definition) is 3. The molecule has 0 bridgehead atoms. The van der Waals surface area contributed by atoms with Gasteiger partial charge in [0.05, 0.1) is 6.10 Å². The number of carbonyl (C=O) groups excluding carboxylic acids is 1. The highest BCUT2D eigenvalue weighted by Crippen LogP contribution is 2.35. The van der Waals surface area contributed by atoms with Crippen LogP contribution in [0.1, 0.15) is 22.6 Å². The second-order valence-corrected chi connectivity index (χ2v) is 6.76. The molecule has 1 aromatic heterocycles. The molecule has 9 nitrogen and oxygen atoms in total. The van der Waals surface area contributed by atoms with E-state index in [0.717, 1.165) is 0 Å². The van der Waals surface area contributed by atoms with E-state index >= 15 is 0 Å². The maximum atomic E-state index is 13.1. The third kappa shape index (κ3) is 4.77. The molecule has 156 valence electrons. The van der Waals surface area contributed by atoms with Crippen LogP contribution >= 0.6 is 0 Å². The second kappa shape index (κ2) is 9.28. The Morgan fingerprint density at radius 1 is 1.34 bits per heavy atom. The number of carbonyl (C=O) groups is 3. The summed E-state index contributed by atoms with van der Waals surface area (Å²) in [5.74, 6) is -1.78. The second-order valence-electron chi connectivity index (χ2n) is 6.76. The third-order valence-electron chi connectivity index (χ3n) is 4.94. The van der Waals surface area contributed by atoms with E-state index in [0.29, 0.717) is 5.56 Å². The van der Waals surface area contributed by atoms with Gasteiger partial charge in [0.15, 0.2) is 5.82 Å². The standard InChI is InChI=1S/C18H20FN3O4.CH2O2/c1-21-9-7-20-15(21)16(24)22-8-6-14(23)18(11-22,17(25)26)10-12-2-4-13(19)5-3-12;2-1-3/h2-5,7,9,14,23H,6,8,10-11H2,1H3,(H,25,26);1H,(H,2,3)/t14-,18-;/m1./s1. The number of aromatic nitrogens is 2. The molecule has 2 atom stereocenters. The molecule has 3 rings (SSSR count). The maximum Gasteiger partial charge on any atom is 0.314 e. The SMILES string of the molecule is Cn1ccnc1C(=O)N1CC[C@@H](O)[C@](Cc2ccc(F)cc2)(C(=O)O)C1.O=CO. The Bertz CT molecular complexity index is 869. The molecule has 2 heterocycles. The van der Waals surface area contributed by atoms with Gasteiger partial charge in [-0.15, -0.1) is 0 Å². The number of aliphatic hydroxyl groups is 1. The first-order valence-corrected chi connectivity index (χ1v) is 8.75. The highest BCUT2D eigenvalue weighted by Gasteiger charge is 2.50. The molecule has 3 N–H and O–H groups in total. The molecule has 1 aromatic carbocycles. The Labute approximate surface area is 166 Å². The van der Waals surface area contributed by atoms with E-state index in [1.807, 2.05) is 0 Å². The molecule has 2 aromatic rings. The fraction of sp³-hybridized carbons (Fsp3) is 0.368. The monoisotopic (exact) mass is 407 g/mol. The van der Waals surface area contributed by atoms with Gasteiger partial charge in [0, 0.05) is 32.5 Å². The lowest BCUT2D eigenvalue weighted by atomic mass is 9.73. The largest absolute Gasteiger partial charge is 0.483 e. The fourth-order valence-corrected chi connectivity index (χ4v) is 3.39. The molecule has 0 aliphatic carbocycles. The van der Waals surface area contributed by atoms with Crippen molar-refractivity contribution in [3.8, 4) is 0 Å². The van der Waals surface area contributed by atoms with Crippen LogP contribution in [0.3, 0.4) is 0 Å². The highest BCUT2D eigenvalue weighted by atomic mass is 19.1. The van der Waals surface area contributed by atoms with Gasteiger partial charge in [-0.3, -0.25) is 14.4 Å². The van der Waals surface area contributed by atoms with Gasteiger partial charge in [-0.05, 0) is 30.5 Å². The smallest absolute Gasteiger partial charge is 0.314 e. The molecule has 10 heteroatoms. The predicted octanol–water partition coefficient (Wildman–Crippen LogP) is 0.781. The quantitative estimate of drug-likeness (QED) is 0.638. The number of aliphatic carboxylic acids is 1. The fourth-order valence-electron chi connectivity index (χ4n) is 3.39. The van der Waals surface area contributed by atoms with Crippen molar-refractivity contribution in [2.75, 3.05) is 13.1 Å². The molecule has 0 spiro atoms. The number of halogens is 1. The van der Waals surface area contributed by atoms with Crippen LogP contribution in [0.2, 0.25) is 0 Å². The van der Waals surface area contributed by atoms with E-state index in [1.165, 1.54) is 35.4 Å². The van der Waals surface area contributed by atoms with E-state index in [9.17, 15) is 24.2 Å². The zero-order chi connectivity index (χ0) is 21.6. The zero-order valence-electron chi connectivity index (χ0n) is 15.7. The maximum absolute atomic E-state index is 13.1. The van der Waals surface area contributed by atoms with E-state index in [-0.39, 0.29) is 44.1 Å². The number of carboxylic acid groups (broad SMARTS) is 2. The van der Waals surface area contributed by atoms with Crippen molar-refractivity contribution in [3.05, 3.63) is 53.9 Å². The molecule has 1 amide bonds. The summed E-state index contributed by atoms with van der Waals surface area (Å²) in [6.45, 7) is -0.155. The van der Waals surface area contributed by atoms with Gasteiger partial charge in [0.1, 0.15) is 11.2 Å². The average molecular weight is 407 g/mol. The van der Waals surface area contributed by atoms with Crippen molar-refractivity contribution < 1.29 is 34.1 Å². The number of rotatable bonds is 4. The zero-order valence-corrected chi connectivity index (χ0v) is 15.7. The molecule has 0 unspecified atom stereocenters. The lowest BCUT2D eigenvalue weighted by Crippen LogP contribution is -2.58. The Morgan fingerprint density at radius 2 is 1.97 bits per heavy atom. The van der Waals surface area contributed by atoms with Crippen LogP contribution in [0.4, 0.5) is 4.39 Å². The summed E-state index contributed by atoms with van der Waals surface area (Å²) >= 11 is 0. The minimum Gasteiger partial charge on any atom is -0.483 e. The van der Waals surface area contributed by atoms with E-state index in [2.05, 4.69) is 4.98 Å². The summed E-state index contributed by atoms with van der Waals surface area (Å²) in [5, 5.41) is 27.2. The van der Waals surface area contributed by atoms with E-state index in [1.54, 1.807) is 17.8 Å². The lowest BCUT2D eigenvalue weighted by molar-refractivity contribution is -0.161. The average Bonchev–Trinajstić information content (AvgIpc) is 3.11. The molecule has 29 heavy (non-hydrogen) atoms. The first-order chi connectivity index (χ1) is 13.7. The van der Waals surface area contributed by atoms with Crippen molar-refractivity contribution in [2.24, 2.45) is 12.5 Å². The number of piperidine rings is 1. The summed E-state index contributed by atoms with van der Waals surface area (Å²) in [6, 6.07) is 5.48. The van der Waals surface area contributed by atoms with Gasteiger partial charge in [-0.2, -0.15) is 0 Å².